The van der Waals surface area contributed by atoms with Crippen LogP contribution in [0.1, 0.15) is 40.5 Å². The number of rotatable bonds is 12. The summed E-state index contributed by atoms with van der Waals surface area (Å²) in [6.45, 7) is 18.4. The Morgan fingerprint density at radius 1 is 0.647 bits per heavy atom. The monoisotopic (exact) mass is 243 g/mol. The molecule has 0 radical (unpaired) electrons. The number of likely N-dealkylation sites (N-methyl/N-ethyl adjacent to an activating group) is 1. The van der Waals surface area contributed by atoms with Gasteiger partial charge in [0.2, 0.25) is 0 Å². The summed E-state index contributed by atoms with van der Waals surface area (Å²) in [4.78, 5) is 5.02. The molecule has 0 rings (SSSR count). The quantitative estimate of drug-likeness (QED) is 0.529. The van der Waals surface area contributed by atoms with Crippen molar-refractivity contribution in [3.63, 3.8) is 0 Å². The van der Waals surface area contributed by atoms with Gasteiger partial charge in [0.05, 0.1) is 0 Å². The van der Waals surface area contributed by atoms with Gasteiger partial charge in [0.25, 0.3) is 0 Å². The van der Waals surface area contributed by atoms with E-state index in [4.69, 9.17) is 0 Å². The first-order valence-electron chi connectivity index (χ1n) is 7.43. The molecule has 0 aromatic rings. The first kappa shape index (κ1) is 16.9. The molecule has 0 atom stereocenters. The molecule has 3 heteroatoms. The summed E-state index contributed by atoms with van der Waals surface area (Å²) in [7, 11) is 0. The van der Waals surface area contributed by atoms with Gasteiger partial charge in [-0.15, -0.1) is 0 Å². The first-order chi connectivity index (χ1) is 8.28. The Kier molecular flexibility index (Phi) is 12.3. The van der Waals surface area contributed by atoms with Crippen LogP contribution in [0.3, 0.4) is 0 Å². The van der Waals surface area contributed by atoms with E-state index in [0.717, 1.165) is 26.2 Å². The molecule has 0 unspecified atom stereocenters. The van der Waals surface area contributed by atoms with Crippen LogP contribution in [0.25, 0.3) is 0 Å². The smallest absolute Gasteiger partial charge is 0.0107 e. The lowest BCUT2D eigenvalue weighted by Gasteiger charge is -2.22. The maximum Gasteiger partial charge on any atom is 0.0107 e. The molecular formula is C14H33N3. The lowest BCUT2D eigenvalue weighted by atomic mass is 10.3. The van der Waals surface area contributed by atoms with E-state index in [0.29, 0.717) is 0 Å². The van der Waals surface area contributed by atoms with E-state index in [2.05, 4.69) is 42.8 Å². The Morgan fingerprint density at radius 3 is 1.53 bits per heavy atom. The summed E-state index contributed by atoms with van der Waals surface area (Å²) < 4.78 is 0. The summed E-state index contributed by atoms with van der Waals surface area (Å²) in [5, 5.41) is 3.55. The number of hydrogen-bond donors (Lipinski definition) is 1. The highest BCUT2D eigenvalue weighted by Crippen LogP contribution is 1.92. The van der Waals surface area contributed by atoms with Crippen LogP contribution in [0.4, 0.5) is 0 Å². The average Bonchev–Trinajstić information content (AvgIpc) is 2.34. The Morgan fingerprint density at radius 2 is 1.12 bits per heavy atom. The van der Waals surface area contributed by atoms with Crippen molar-refractivity contribution in [1.82, 2.24) is 15.1 Å². The molecule has 1 N–H and O–H groups in total. The minimum atomic E-state index is 1.12. The van der Waals surface area contributed by atoms with Gasteiger partial charge in [-0.1, -0.05) is 27.7 Å². The van der Waals surface area contributed by atoms with Crippen LogP contribution in [0.2, 0.25) is 0 Å². The van der Waals surface area contributed by atoms with Crippen LogP contribution in [0.5, 0.6) is 0 Å². The molecule has 0 aliphatic rings. The second-order valence-electron chi connectivity index (χ2n) is 4.62. The molecule has 3 nitrogen and oxygen atoms in total. The van der Waals surface area contributed by atoms with Crippen LogP contribution in [0, 0.1) is 0 Å². The largest absolute Gasteiger partial charge is 0.314 e. The predicted molar refractivity (Wildman–Crippen MR) is 77.7 cm³/mol. The molecular weight excluding hydrogens is 210 g/mol. The Hall–Kier alpha value is -0.120. The lowest BCUT2D eigenvalue weighted by molar-refractivity contribution is 0.266. The summed E-state index contributed by atoms with van der Waals surface area (Å²) in [6.07, 6.45) is 2.53. The van der Waals surface area contributed by atoms with Crippen molar-refractivity contribution in [3.05, 3.63) is 0 Å². The predicted octanol–water partition coefficient (Wildman–Crippen LogP) is 2.04. The minimum Gasteiger partial charge on any atom is -0.314 e. The topological polar surface area (TPSA) is 18.5 Å². The fourth-order valence-corrected chi connectivity index (χ4v) is 2.11. The van der Waals surface area contributed by atoms with Gasteiger partial charge in [0.1, 0.15) is 0 Å². The van der Waals surface area contributed by atoms with E-state index >= 15 is 0 Å². The fraction of sp³-hybridized carbons (Fsp3) is 1.00. The van der Waals surface area contributed by atoms with Crippen LogP contribution in [0.15, 0.2) is 0 Å². The van der Waals surface area contributed by atoms with Gasteiger partial charge in [0, 0.05) is 26.2 Å². The second-order valence-corrected chi connectivity index (χ2v) is 4.62. The zero-order chi connectivity index (χ0) is 12.9. The highest BCUT2D eigenvalue weighted by Gasteiger charge is 2.02. The summed E-state index contributed by atoms with van der Waals surface area (Å²) in [5.41, 5.74) is 0. The molecule has 0 saturated heterocycles. The first-order valence-corrected chi connectivity index (χ1v) is 7.43. The van der Waals surface area contributed by atoms with Gasteiger partial charge in [-0.3, -0.25) is 0 Å². The third-order valence-corrected chi connectivity index (χ3v) is 3.18. The van der Waals surface area contributed by atoms with Crippen LogP contribution in [-0.2, 0) is 0 Å². The molecule has 17 heavy (non-hydrogen) atoms. The molecule has 104 valence electrons. The highest BCUT2D eigenvalue weighted by molar-refractivity contribution is 4.60. The standard InChI is InChI=1S/C14H33N3/c1-5-11-17(12-6-2)14-10-15-9-13-16(7-3)8-4/h15H,5-14H2,1-4H3. The van der Waals surface area contributed by atoms with E-state index in [-0.39, 0.29) is 0 Å². The number of nitrogens with zero attached hydrogens (tertiary/aromatic N) is 2. The Labute approximate surface area is 109 Å². The molecule has 0 spiro atoms. The van der Waals surface area contributed by atoms with Gasteiger partial charge >= 0.3 is 0 Å². The van der Waals surface area contributed by atoms with Gasteiger partial charge < -0.3 is 15.1 Å². The van der Waals surface area contributed by atoms with Gasteiger partial charge in [0.15, 0.2) is 0 Å². The molecule has 0 saturated carbocycles. The number of hydrogen-bond acceptors (Lipinski definition) is 3. The molecule has 0 aromatic heterocycles. The molecule has 0 aliphatic heterocycles. The van der Waals surface area contributed by atoms with Crippen LogP contribution < -0.4 is 5.32 Å². The molecule has 0 heterocycles. The fourth-order valence-electron chi connectivity index (χ4n) is 2.11. The average molecular weight is 243 g/mol. The van der Waals surface area contributed by atoms with Crippen LogP contribution >= 0.6 is 0 Å². The van der Waals surface area contributed by atoms with Crippen molar-refractivity contribution in [3.8, 4) is 0 Å². The third kappa shape index (κ3) is 9.57. The van der Waals surface area contributed by atoms with Crippen LogP contribution in [-0.4, -0.2) is 62.2 Å². The zero-order valence-corrected chi connectivity index (χ0v) is 12.5. The van der Waals surface area contributed by atoms with E-state index in [1.165, 1.54) is 39.0 Å². The van der Waals surface area contributed by atoms with E-state index in [9.17, 15) is 0 Å². The van der Waals surface area contributed by atoms with E-state index < -0.39 is 0 Å². The second kappa shape index (κ2) is 12.3. The molecule has 0 aliphatic carbocycles. The summed E-state index contributed by atoms with van der Waals surface area (Å²) >= 11 is 0. The van der Waals surface area contributed by atoms with Gasteiger partial charge in [-0.05, 0) is 39.0 Å². The summed E-state index contributed by atoms with van der Waals surface area (Å²) in [5.74, 6) is 0. The maximum absolute atomic E-state index is 3.55. The Bertz CT molecular complexity index is 140. The van der Waals surface area contributed by atoms with Crippen molar-refractivity contribution in [2.45, 2.75) is 40.5 Å². The SMILES string of the molecule is CCCN(CCC)CCNCCN(CC)CC. The highest BCUT2D eigenvalue weighted by atomic mass is 15.1. The molecule has 0 amide bonds. The maximum atomic E-state index is 3.55. The van der Waals surface area contributed by atoms with E-state index in [1.807, 2.05) is 0 Å². The number of nitrogens with one attached hydrogen (secondary N) is 1. The summed E-state index contributed by atoms with van der Waals surface area (Å²) in [6, 6.07) is 0. The van der Waals surface area contributed by atoms with Crippen molar-refractivity contribution in [1.29, 1.82) is 0 Å². The normalized spacial score (nSPS) is 11.6. The molecule has 0 fully saturated rings. The Balaban J connectivity index is 3.46. The van der Waals surface area contributed by atoms with Crippen molar-refractivity contribution >= 4 is 0 Å². The zero-order valence-electron chi connectivity index (χ0n) is 12.5. The third-order valence-electron chi connectivity index (χ3n) is 3.18. The van der Waals surface area contributed by atoms with Gasteiger partial charge in [-0.25, -0.2) is 0 Å². The van der Waals surface area contributed by atoms with Gasteiger partial charge in [-0.2, -0.15) is 0 Å². The lowest BCUT2D eigenvalue weighted by Crippen LogP contribution is -2.37. The van der Waals surface area contributed by atoms with Crippen molar-refractivity contribution in [2.75, 3.05) is 52.4 Å². The van der Waals surface area contributed by atoms with Crippen molar-refractivity contribution in [2.24, 2.45) is 0 Å². The molecule has 0 aromatic carbocycles. The molecule has 0 bridgehead atoms. The van der Waals surface area contributed by atoms with Crippen molar-refractivity contribution < 1.29 is 0 Å². The van der Waals surface area contributed by atoms with E-state index in [1.54, 1.807) is 0 Å². The minimum absolute atomic E-state index is 1.12.